The van der Waals surface area contributed by atoms with Gasteiger partial charge in [-0.05, 0) is 31.7 Å². The Labute approximate surface area is 120 Å². The molecule has 112 valence electrons. The summed E-state index contributed by atoms with van der Waals surface area (Å²) < 4.78 is 19.7. The standard InChI is InChI=1S/C14H15FN2O4/c1-7-4-8(17(19)20)5-10(13(7)15)14(18)16-11-6-9-2-3-12(11)21-9/h4-5,9,11-12H,2-3,6H2,1H3,(H,16,18). The van der Waals surface area contributed by atoms with Crippen molar-refractivity contribution in [3.63, 3.8) is 0 Å². The molecule has 0 aliphatic carbocycles. The van der Waals surface area contributed by atoms with Gasteiger partial charge in [-0.2, -0.15) is 0 Å². The normalized spacial score (nSPS) is 26.9. The first kappa shape index (κ1) is 13.9. The summed E-state index contributed by atoms with van der Waals surface area (Å²) in [6, 6.07) is 1.95. The molecule has 0 aromatic heterocycles. The smallest absolute Gasteiger partial charge is 0.270 e. The van der Waals surface area contributed by atoms with Crippen molar-refractivity contribution in [1.29, 1.82) is 0 Å². The van der Waals surface area contributed by atoms with Gasteiger partial charge in [0.25, 0.3) is 11.6 Å². The van der Waals surface area contributed by atoms with Crippen LogP contribution in [0.15, 0.2) is 12.1 Å². The number of carbonyl (C=O) groups is 1. The molecule has 0 spiro atoms. The van der Waals surface area contributed by atoms with Gasteiger partial charge in [0, 0.05) is 12.1 Å². The molecule has 0 radical (unpaired) electrons. The topological polar surface area (TPSA) is 81.5 Å². The third kappa shape index (κ3) is 2.49. The Morgan fingerprint density at radius 1 is 1.48 bits per heavy atom. The third-order valence-electron chi connectivity index (χ3n) is 4.12. The molecule has 2 heterocycles. The van der Waals surface area contributed by atoms with Gasteiger partial charge in [-0.3, -0.25) is 14.9 Å². The minimum Gasteiger partial charge on any atom is -0.373 e. The summed E-state index contributed by atoms with van der Waals surface area (Å²) in [5.41, 5.74) is -0.494. The maximum absolute atomic E-state index is 14.0. The fourth-order valence-corrected chi connectivity index (χ4v) is 3.06. The molecule has 2 saturated heterocycles. The number of halogens is 1. The van der Waals surface area contributed by atoms with E-state index in [4.69, 9.17) is 4.74 Å². The molecule has 2 aliphatic rings. The quantitative estimate of drug-likeness (QED) is 0.683. The van der Waals surface area contributed by atoms with E-state index in [0.717, 1.165) is 25.0 Å². The first-order chi connectivity index (χ1) is 9.95. The van der Waals surface area contributed by atoms with E-state index in [2.05, 4.69) is 5.32 Å². The van der Waals surface area contributed by atoms with Crippen molar-refractivity contribution in [2.75, 3.05) is 0 Å². The third-order valence-corrected chi connectivity index (χ3v) is 4.12. The maximum Gasteiger partial charge on any atom is 0.270 e. The summed E-state index contributed by atoms with van der Waals surface area (Å²) in [6.45, 7) is 1.40. The monoisotopic (exact) mass is 294 g/mol. The summed E-state index contributed by atoms with van der Waals surface area (Å²) in [5, 5.41) is 13.6. The van der Waals surface area contributed by atoms with Gasteiger partial charge in [-0.25, -0.2) is 4.39 Å². The molecule has 2 aliphatic heterocycles. The number of hydrogen-bond donors (Lipinski definition) is 1. The fourth-order valence-electron chi connectivity index (χ4n) is 3.06. The fraction of sp³-hybridized carbons (Fsp3) is 0.500. The highest BCUT2D eigenvalue weighted by Gasteiger charge is 2.41. The lowest BCUT2D eigenvalue weighted by Gasteiger charge is -2.20. The highest BCUT2D eigenvalue weighted by molar-refractivity contribution is 5.95. The van der Waals surface area contributed by atoms with E-state index in [1.165, 1.54) is 6.92 Å². The lowest BCUT2D eigenvalue weighted by atomic mass is 9.95. The number of rotatable bonds is 3. The number of benzene rings is 1. The second-order valence-corrected chi connectivity index (χ2v) is 5.57. The van der Waals surface area contributed by atoms with Gasteiger partial charge < -0.3 is 10.1 Å². The number of hydrogen-bond acceptors (Lipinski definition) is 4. The Morgan fingerprint density at radius 2 is 2.24 bits per heavy atom. The van der Waals surface area contributed by atoms with E-state index in [1.54, 1.807) is 0 Å². The van der Waals surface area contributed by atoms with Gasteiger partial charge in [0.2, 0.25) is 0 Å². The molecule has 3 unspecified atom stereocenters. The van der Waals surface area contributed by atoms with Crippen LogP contribution in [0.3, 0.4) is 0 Å². The number of fused-ring (bicyclic) bond motifs is 2. The first-order valence-corrected chi connectivity index (χ1v) is 6.86. The first-order valence-electron chi connectivity index (χ1n) is 6.86. The van der Waals surface area contributed by atoms with E-state index in [0.29, 0.717) is 6.42 Å². The van der Waals surface area contributed by atoms with Crippen LogP contribution < -0.4 is 5.32 Å². The predicted octanol–water partition coefficient (Wildman–Crippen LogP) is 2.09. The van der Waals surface area contributed by atoms with Crippen LogP contribution in [0.4, 0.5) is 10.1 Å². The zero-order valence-corrected chi connectivity index (χ0v) is 11.5. The second kappa shape index (κ2) is 5.07. The van der Waals surface area contributed by atoms with Crippen LogP contribution in [0.1, 0.15) is 35.2 Å². The molecule has 1 N–H and O–H groups in total. The average molecular weight is 294 g/mol. The van der Waals surface area contributed by atoms with Crippen LogP contribution in [0.2, 0.25) is 0 Å². The number of ether oxygens (including phenoxy) is 1. The maximum atomic E-state index is 14.0. The minimum atomic E-state index is -0.720. The Balaban J connectivity index is 1.82. The summed E-state index contributed by atoms with van der Waals surface area (Å²) >= 11 is 0. The highest BCUT2D eigenvalue weighted by Crippen LogP contribution is 2.34. The molecular formula is C14H15FN2O4. The minimum absolute atomic E-state index is 0.0261. The van der Waals surface area contributed by atoms with Crippen molar-refractivity contribution in [2.24, 2.45) is 0 Å². The SMILES string of the molecule is Cc1cc([N+](=O)[O-])cc(C(=O)NC2CC3CCC2O3)c1F. The number of nitrogens with one attached hydrogen (secondary N) is 1. The van der Waals surface area contributed by atoms with Crippen molar-refractivity contribution in [2.45, 2.75) is 44.4 Å². The number of non-ortho nitro benzene ring substituents is 1. The predicted molar refractivity (Wildman–Crippen MR) is 71.6 cm³/mol. The molecule has 7 heteroatoms. The zero-order chi connectivity index (χ0) is 15.1. The number of amides is 1. The van der Waals surface area contributed by atoms with Crippen molar-refractivity contribution >= 4 is 11.6 Å². The Bertz CT molecular complexity index is 619. The number of nitrogens with zero attached hydrogens (tertiary/aromatic N) is 1. The average Bonchev–Trinajstić information content (AvgIpc) is 3.03. The van der Waals surface area contributed by atoms with Crippen molar-refractivity contribution in [3.05, 3.63) is 39.2 Å². The van der Waals surface area contributed by atoms with E-state index in [-0.39, 0.29) is 35.1 Å². The Kier molecular flexibility index (Phi) is 3.36. The van der Waals surface area contributed by atoms with Crippen LogP contribution in [0.25, 0.3) is 0 Å². The molecule has 1 amide bonds. The number of aryl methyl sites for hydroxylation is 1. The lowest BCUT2D eigenvalue weighted by molar-refractivity contribution is -0.385. The van der Waals surface area contributed by atoms with E-state index in [9.17, 15) is 19.3 Å². The van der Waals surface area contributed by atoms with Crippen LogP contribution in [0.5, 0.6) is 0 Å². The molecule has 2 fully saturated rings. The molecule has 3 atom stereocenters. The number of carbonyl (C=O) groups excluding carboxylic acids is 1. The van der Waals surface area contributed by atoms with Gasteiger partial charge in [-0.15, -0.1) is 0 Å². The number of nitro groups is 1. The van der Waals surface area contributed by atoms with Gasteiger partial charge in [0.15, 0.2) is 0 Å². The van der Waals surface area contributed by atoms with Crippen molar-refractivity contribution in [3.8, 4) is 0 Å². The number of nitro benzene ring substituents is 1. The molecular weight excluding hydrogens is 279 g/mol. The van der Waals surface area contributed by atoms with E-state index < -0.39 is 16.6 Å². The summed E-state index contributed by atoms with van der Waals surface area (Å²) in [7, 11) is 0. The van der Waals surface area contributed by atoms with E-state index in [1.807, 2.05) is 0 Å². The molecule has 6 nitrogen and oxygen atoms in total. The summed E-state index contributed by atoms with van der Waals surface area (Å²) in [5.74, 6) is -1.34. The lowest BCUT2D eigenvalue weighted by Crippen LogP contribution is -2.41. The Hall–Kier alpha value is -2.02. The Morgan fingerprint density at radius 3 is 2.81 bits per heavy atom. The van der Waals surface area contributed by atoms with Gasteiger partial charge in [0.05, 0.1) is 28.7 Å². The van der Waals surface area contributed by atoms with Gasteiger partial charge >= 0.3 is 0 Å². The molecule has 2 bridgehead atoms. The van der Waals surface area contributed by atoms with Crippen molar-refractivity contribution in [1.82, 2.24) is 5.32 Å². The molecule has 0 saturated carbocycles. The summed E-state index contributed by atoms with van der Waals surface area (Å²) in [6.07, 6.45) is 2.72. The van der Waals surface area contributed by atoms with Crippen LogP contribution in [-0.2, 0) is 4.74 Å². The van der Waals surface area contributed by atoms with Crippen molar-refractivity contribution < 1.29 is 18.8 Å². The largest absolute Gasteiger partial charge is 0.373 e. The zero-order valence-electron chi connectivity index (χ0n) is 11.5. The molecule has 1 aromatic rings. The van der Waals surface area contributed by atoms with Crippen LogP contribution in [-0.4, -0.2) is 29.1 Å². The molecule has 1 aromatic carbocycles. The highest BCUT2D eigenvalue weighted by atomic mass is 19.1. The molecule has 21 heavy (non-hydrogen) atoms. The van der Waals surface area contributed by atoms with E-state index >= 15 is 0 Å². The van der Waals surface area contributed by atoms with Crippen LogP contribution in [0, 0.1) is 22.9 Å². The van der Waals surface area contributed by atoms with Gasteiger partial charge in [0.1, 0.15) is 5.82 Å². The van der Waals surface area contributed by atoms with Gasteiger partial charge in [-0.1, -0.05) is 0 Å². The van der Waals surface area contributed by atoms with Crippen LogP contribution >= 0.6 is 0 Å². The summed E-state index contributed by atoms with van der Waals surface area (Å²) in [4.78, 5) is 22.4. The molecule has 3 rings (SSSR count). The second-order valence-electron chi connectivity index (χ2n) is 5.57.